The topological polar surface area (TPSA) is 105 Å². The van der Waals surface area contributed by atoms with Crippen LogP contribution in [-0.2, 0) is 20.2 Å². The molecule has 1 amide bonds. The maximum Gasteiger partial charge on any atom is 0.262 e. The number of nitrogens with one attached hydrogen (secondary N) is 1. The number of carbonyl (C=O) groups excluding carboxylic acids is 1. The quantitative estimate of drug-likeness (QED) is 0.200. The first-order valence-corrected chi connectivity index (χ1v) is 16.2. The number of benzene rings is 2. The lowest BCUT2D eigenvalue weighted by Crippen LogP contribution is -2.43. The molecule has 1 saturated carbocycles. The van der Waals surface area contributed by atoms with Crippen LogP contribution in [0.3, 0.4) is 0 Å². The summed E-state index contributed by atoms with van der Waals surface area (Å²) in [5.41, 5.74) is 3.79. The Morgan fingerprint density at radius 3 is 2.41 bits per heavy atom. The van der Waals surface area contributed by atoms with Crippen LogP contribution in [0.15, 0.2) is 59.8 Å². The summed E-state index contributed by atoms with van der Waals surface area (Å²) in [6.45, 7) is 1.15. The van der Waals surface area contributed by atoms with Gasteiger partial charge in [0.25, 0.3) is 10.0 Å². The van der Waals surface area contributed by atoms with Crippen LogP contribution in [0.4, 0.5) is 11.4 Å². The molecular formula is C31H32Cl3N5O4S. The van der Waals surface area contributed by atoms with Gasteiger partial charge in [-0.15, -0.1) is 12.4 Å². The zero-order valence-corrected chi connectivity index (χ0v) is 27.6. The molecule has 1 aliphatic heterocycles. The number of hydrogen-bond donors (Lipinski definition) is 1. The highest BCUT2D eigenvalue weighted by molar-refractivity contribution is 7.92. The van der Waals surface area contributed by atoms with Crippen molar-refractivity contribution < 1.29 is 17.9 Å². The average molecular weight is 677 g/mol. The van der Waals surface area contributed by atoms with Crippen molar-refractivity contribution in [3.63, 3.8) is 0 Å². The van der Waals surface area contributed by atoms with Gasteiger partial charge in [-0.3, -0.25) is 14.5 Å². The maximum atomic E-state index is 13.4. The molecule has 232 valence electrons. The minimum absolute atomic E-state index is 0. The minimum atomic E-state index is -4.09. The van der Waals surface area contributed by atoms with Gasteiger partial charge in [0.15, 0.2) is 0 Å². The van der Waals surface area contributed by atoms with E-state index in [1.807, 2.05) is 37.2 Å². The monoisotopic (exact) mass is 675 g/mol. The fourth-order valence-electron chi connectivity index (χ4n) is 5.89. The standard InChI is InChI=1S/C31H31Cl2N5O4S.ClH/c1-37(2)10-5-11-42-29-26(36-43(40,41)23-15-21(32)14-22(33)16-23)13-20(17-35-29)19-6-7-25-24(12-19)28-27(18-34-25)38(3)30(39)31(28)8-4-9-31;/h6-7,12-18,36H,4-5,8-11H2,1-3H3;1H. The number of aromatic nitrogens is 2. The van der Waals surface area contributed by atoms with Crippen LogP contribution >= 0.6 is 35.6 Å². The first-order chi connectivity index (χ1) is 20.5. The molecule has 2 aromatic heterocycles. The summed E-state index contributed by atoms with van der Waals surface area (Å²) in [6.07, 6.45) is 6.79. The Morgan fingerprint density at radius 1 is 1.02 bits per heavy atom. The van der Waals surface area contributed by atoms with Crippen molar-refractivity contribution in [1.82, 2.24) is 14.9 Å². The number of fused-ring (bicyclic) bond motifs is 4. The average Bonchev–Trinajstić information content (AvgIpc) is 3.17. The van der Waals surface area contributed by atoms with Crippen LogP contribution in [0.25, 0.3) is 22.0 Å². The summed E-state index contributed by atoms with van der Waals surface area (Å²) in [6, 6.07) is 11.7. The van der Waals surface area contributed by atoms with Crippen molar-refractivity contribution in [2.24, 2.45) is 0 Å². The Balaban J connectivity index is 0.00000384. The second kappa shape index (κ2) is 12.3. The normalized spacial score (nSPS) is 15.3. The molecule has 1 fully saturated rings. The predicted molar refractivity (Wildman–Crippen MR) is 177 cm³/mol. The number of nitrogens with zero attached hydrogens (tertiary/aromatic N) is 4. The van der Waals surface area contributed by atoms with E-state index in [2.05, 4.69) is 14.7 Å². The van der Waals surface area contributed by atoms with Gasteiger partial charge >= 0.3 is 0 Å². The predicted octanol–water partition coefficient (Wildman–Crippen LogP) is 6.55. The van der Waals surface area contributed by atoms with E-state index in [1.165, 1.54) is 18.2 Å². The molecule has 2 aromatic carbocycles. The summed E-state index contributed by atoms with van der Waals surface area (Å²) < 4.78 is 35.4. The lowest BCUT2D eigenvalue weighted by molar-refractivity contribution is -0.125. The summed E-state index contributed by atoms with van der Waals surface area (Å²) in [4.78, 5) is 26.1. The highest BCUT2D eigenvalue weighted by Crippen LogP contribution is 2.55. The molecule has 4 aromatic rings. The number of hydrogen-bond acceptors (Lipinski definition) is 7. The fourth-order valence-corrected chi connectivity index (χ4v) is 7.66. The molecule has 0 bridgehead atoms. The van der Waals surface area contributed by atoms with Gasteiger partial charge in [0, 0.05) is 46.3 Å². The SMILES string of the molecule is CN(C)CCCOc1ncc(-c2ccc3ncc4c(c3c2)C2(CCC2)C(=O)N4C)cc1NS(=O)(=O)c1cc(Cl)cc(Cl)c1.Cl. The molecule has 0 radical (unpaired) electrons. The zero-order valence-electron chi connectivity index (χ0n) is 24.4. The number of anilines is 2. The molecule has 1 spiro atoms. The number of likely N-dealkylation sites (N-methyl/N-ethyl adjacent to an activating group) is 1. The highest BCUT2D eigenvalue weighted by atomic mass is 35.5. The molecule has 13 heteroatoms. The Bertz CT molecular complexity index is 1840. The van der Waals surface area contributed by atoms with Gasteiger partial charge in [-0.2, -0.15) is 0 Å². The van der Waals surface area contributed by atoms with Crippen LogP contribution in [0.1, 0.15) is 31.2 Å². The second-order valence-electron chi connectivity index (χ2n) is 11.3. The van der Waals surface area contributed by atoms with E-state index < -0.39 is 15.4 Å². The van der Waals surface area contributed by atoms with Crippen LogP contribution in [0.5, 0.6) is 5.88 Å². The first kappa shape index (κ1) is 32.2. The minimum Gasteiger partial charge on any atom is -0.476 e. The third-order valence-corrected chi connectivity index (χ3v) is 9.95. The van der Waals surface area contributed by atoms with Crippen LogP contribution < -0.4 is 14.4 Å². The number of amides is 1. The molecule has 44 heavy (non-hydrogen) atoms. The van der Waals surface area contributed by atoms with E-state index in [0.717, 1.165) is 59.9 Å². The largest absolute Gasteiger partial charge is 0.476 e. The fraction of sp³-hybridized carbons (Fsp3) is 0.323. The molecule has 1 N–H and O–H groups in total. The molecule has 9 nitrogen and oxygen atoms in total. The highest BCUT2D eigenvalue weighted by Gasteiger charge is 2.54. The Kier molecular flexibility index (Phi) is 9.04. The van der Waals surface area contributed by atoms with E-state index in [1.54, 1.807) is 30.4 Å². The van der Waals surface area contributed by atoms with E-state index >= 15 is 0 Å². The van der Waals surface area contributed by atoms with Gasteiger partial charge in [-0.25, -0.2) is 13.4 Å². The van der Waals surface area contributed by atoms with Crippen molar-refractivity contribution in [2.75, 3.05) is 43.9 Å². The third kappa shape index (κ3) is 5.81. The Labute approximate surface area is 273 Å². The molecule has 3 heterocycles. The summed E-state index contributed by atoms with van der Waals surface area (Å²) in [5, 5.41) is 1.31. The van der Waals surface area contributed by atoms with Crippen molar-refractivity contribution in [3.05, 3.63) is 70.5 Å². The van der Waals surface area contributed by atoms with Gasteiger partial charge in [0.05, 0.1) is 34.3 Å². The van der Waals surface area contributed by atoms with Gasteiger partial charge in [0.1, 0.15) is 5.69 Å². The number of halogens is 3. The van der Waals surface area contributed by atoms with Gasteiger partial charge < -0.3 is 14.5 Å². The zero-order chi connectivity index (χ0) is 30.5. The first-order valence-electron chi connectivity index (χ1n) is 14.0. The summed E-state index contributed by atoms with van der Waals surface area (Å²) in [7, 11) is 1.65. The summed E-state index contributed by atoms with van der Waals surface area (Å²) in [5.74, 6) is 0.270. The number of carbonyl (C=O) groups is 1. The number of rotatable bonds is 9. The van der Waals surface area contributed by atoms with E-state index in [9.17, 15) is 13.2 Å². The molecule has 2 aliphatic rings. The number of sulfonamides is 1. The third-order valence-electron chi connectivity index (χ3n) is 8.17. The van der Waals surface area contributed by atoms with Crippen molar-refractivity contribution in [2.45, 2.75) is 36.0 Å². The van der Waals surface area contributed by atoms with E-state index in [4.69, 9.17) is 27.9 Å². The molecule has 0 unspecified atom stereocenters. The molecule has 1 aliphatic carbocycles. The van der Waals surface area contributed by atoms with Crippen molar-refractivity contribution in [1.29, 1.82) is 0 Å². The molecule has 0 atom stereocenters. The van der Waals surface area contributed by atoms with Crippen LogP contribution in [-0.4, -0.2) is 63.5 Å². The van der Waals surface area contributed by atoms with Crippen molar-refractivity contribution >= 4 is 73.8 Å². The van der Waals surface area contributed by atoms with Gasteiger partial charge in [0.2, 0.25) is 11.8 Å². The van der Waals surface area contributed by atoms with Gasteiger partial charge in [-0.05, 0) is 75.3 Å². The lowest BCUT2D eigenvalue weighted by Gasteiger charge is -2.37. The second-order valence-corrected chi connectivity index (χ2v) is 13.9. The molecule has 0 saturated heterocycles. The molecular weight excluding hydrogens is 645 g/mol. The molecule has 6 rings (SSSR count). The summed E-state index contributed by atoms with van der Waals surface area (Å²) >= 11 is 12.2. The Morgan fingerprint density at radius 2 is 1.75 bits per heavy atom. The van der Waals surface area contributed by atoms with Crippen molar-refractivity contribution in [3.8, 4) is 17.0 Å². The Hall–Kier alpha value is -3.15. The maximum absolute atomic E-state index is 13.4. The van der Waals surface area contributed by atoms with Crippen LogP contribution in [0, 0.1) is 0 Å². The number of pyridine rings is 2. The number of ether oxygens (including phenoxy) is 1. The lowest BCUT2D eigenvalue weighted by atomic mass is 9.64. The van der Waals surface area contributed by atoms with Gasteiger partial charge in [-0.1, -0.05) is 35.7 Å². The van der Waals surface area contributed by atoms with E-state index in [0.29, 0.717) is 12.2 Å². The smallest absolute Gasteiger partial charge is 0.262 e. The van der Waals surface area contributed by atoms with E-state index in [-0.39, 0.29) is 44.8 Å². The van der Waals surface area contributed by atoms with Crippen LogP contribution in [0.2, 0.25) is 10.0 Å².